The fraction of sp³-hybridized carbons (Fsp3) is 0.269. The first-order valence-corrected chi connectivity index (χ1v) is 12.7. The molecule has 33 heavy (non-hydrogen) atoms. The van der Waals surface area contributed by atoms with E-state index in [1.165, 1.54) is 0 Å². The quantitative estimate of drug-likeness (QED) is 0.435. The number of amides is 1. The van der Waals surface area contributed by atoms with Crippen LogP contribution in [0.1, 0.15) is 31.7 Å². The van der Waals surface area contributed by atoms with Crippen molar-refractivity contribution >= 4 is 43.4 Å². The zero-order chi connectivity index (χ0) is 23.0. The number of piperidine rings is 1. The summed E-state index contributed by atoms with van der Waals surface area (Å²) in [4.78, 5) is 13.0. The molecular weight excluding hydrogens is 436 g/mol. The fourth-order valence-corrected chi connectivity index (χ4v) is 6.36. The highest BCUT2D eigenvalue weighted by molar-refractivity contribution is 7.89. The minimum atomic E-state index is -3.53. The highest BCUT2D eigenvalue weighted by Crippen LogP contribution is 2.30. The minimum Gasteiger partial charge on any atom is -0.464 e. The molecule has 0 radical (unpaired) electrons. The Bertz CT molecular complexity index is 1420. The molecule has 0 aliphatic carbocycles. The molecule has 6 nitrogen and oxygen atoms in total. The van der Waals surface area contributed by atoms with Crippen molar-refractivity contribution < 1.29 is 17.6 Å². The van der Waals surface area contributed by atoms with Gasteiger partial charge in [-0.3, -0.25) is 4.79 Å². The molecule has 1 N–H and O–H groups in total. The second-order valence-electron chi connectivity index (χ2n) is 8.63. The van der Waals surface area contributed by atoms with Crippen LogP contribution < -0.4 is 5.32 Å². The Morgan fingerprint density at radius 3 is 2.64 bits per heavy atom. The number of sulfonamides is 1. The molecule has 2 heterocycles. The molecule has 1 aromatic heterocycles. The predicted molar refractivity (Wildman–Crippen MR) is 130 cm³/mol. The van der Waals surface area contributed by atoms with Crippen molar-refractivity contribution in [1.29, 1.82) is 0 Å². The summed E-state index contributed by atoms with van der Waals surface area (Å²) in [5.41, 5.74) is 2.12. The van der Waals surface area contributed by atoms with E-state index in [0.29, 0.717) is 12.2 Å². The van der Waals surface area contributed by atoms with Crippen LogP contribution in [0.15, 0.2) is 76.2 Å². The minimum absolute atomic E-state index is 0.00370. The average molecular weight is 463 g/mol. The topological polar surface area (TPSA) is 79.6 Å². The lowest BCUT2D eigenvalue weighted by Crippen LogP contribution is -2.41. The Balaban J connectivity index is 1.32. The van der Waals surface area contributed by atoms with E-state index in [9.17, 15) is 13.2 Å². The van der Waals surface area contributed by atoms with E-state index in [2.05, 4.69) is 5.32 Å². The molecule has 1 fully saturated rings. The number of furan rings is 1. The van der Waals surface area contributed by atoms with Gasteiger partial charge in [-0.25, -0.2) is 8.42 Å². The van der Waals surface area contributed by atoms with E-state index in [1.807, 2.05) is 43.3 Å². The number of anilines is 1. The van der Waals surface area contributed by atoms with Gasteiger partial charge >= 0.3 is 0 Å². The Hall–Kier alpha value is -3.16. The first kappa shape index (κ1) is 21.7. The van der Waals surface area contributed by atoms with Crippen molar-refractivity contribution in [3.8, 4) is 0 Å². The highest BCUT2D eigenvalue weighted by Gasteiger charge is 2.30. The van der Waals surface area contributed by atoms with E-state index in [-0.39, 0.29) is 23.3 Å². The first-order valence-electron chi connectivity index (χ1n) is 11.2. The van der Waals surface area contributed by atoms with Gasteiger partial charge in [-0.05, 0) is 60.9 Å². The molecule has 0 bridgehead atoms. The van der Waals surface area contributed by atoms with Crippen LogP contribution in [0.3, 0.4) is 0 Å². The summed E-state index contributed by atoms with van der Waals surface area (Å²) in [5, 5.41) is 5.96. The van der Waals surface area contributed by atoms with E-state index in [0.717, 1.165) is 46.6 Å². The summed E-state index contributed by atoms with van der Waals surface area (Å²) in [6.07, 6.45) is 4.61. The van der Waals surface area contributed by atoms with Crippen molar-refractivity contribution in [1.82, 2.24) is 4.31 Å². The van der Waals surface area contributed by atoms with Gasteiger partial charge in [0.15, 0.2) is 0 Å². The maximum atomic E-state index is 13.0. The Kier molecular flexibility index (Phi) is 5.68. The summed E-state index contributed by atoms with van der Waals surface area (Å²) >= 11 is 0. The smallest absolute Gasteiger partial charge is 0.243 e. The second-order valence-corrected chi connectivity index (χ2v) is 10.5. The molecule has 7 heteroatoms. The second kappa shape index (κ2) is 8.65. The molecule has 3 aromatic carbocycles. The third kappa shape index (κ3) is 4.14. The van der Waals surface area contributed by atoms with Gasteiger partial charge in [0.05, 0.1) is 17.6 Å². The van der Waals surface area contributed by atoms with Gasteiger partial charge in [0.1, 0.15) is 5.58 Å². The monoisotopic (exact) mass is 462 g/mol. The van der Waals surface area contributed by atoms with Crippen molar-refractivity contribution in [2.75, 3.05) is 11.9 Å². The van der Waals surface area contributed by atoms with Crippen LogP contribution in [0.5, 0.6) is 0 Å². The Morgan fingerprint density at radius 1 is 1.06 bits per heavy atom. The van der Waals surface area contributed by atoms with Crippen LogP contribution in [-0.4, -0.2) is 31.2 Å². The first-order chi connectivity index (χ1) is 15.9. The molecule has 1 atom stereocenters. The number of fused-ring (bicyclic) bond motifs is 3. The lowest BCUT2D eigenvalue weighted by atomic mass is 10.0. The van der Waals surface area contributed by atoms with Crippen LogP contribution in [-0.2, 0) is 21.2 Å². The van der Waals surface area contributed by atoms with E-state index < -0.39 is 10.0 Å². The molecule has 0 saturated carbocycles. The Morgan fingerprint density at radius 2 is 1.85 bits per heavy atom. The molecule has 170 valence electrons. The number of carbonyl (C=O) groups is 1. The van der Waals surface area contributed by atoms with Gasteiger partial charge in [-0.15, -0.1) is 0 Å². The third-order valence-corrected chi connectivity index (χ3v) is 8.41. The maximum Gasteiger partial charge on any atom is 0.243 e. The number of benzene rings is 3. The zero-order valence-electron chi connectivity index (χ0n) is 18.5. The molecule has 4 aromatic rings. The summed E-state index contributed by atoms with van der Waals surface area (Å²) in [6, 6.07) is 18.3. The van der Waals surface area contributed by atoms with Gasteiger partial charge in [0, 0.05) is 29.2 Å². The molecule has 1 unspecified atom stereocenters. The molecular formula is C26H26N2O4S. The molecule has 0 spiro atoms. The van der Waals surface area contributed by atoms with Gasteiger partial charge in [-0.2, -0.15) is 4.31 Å². The highest BCUT2D eigenvalue weighted by atomic mass is 32.2. The van der Waals surface area contributed by atoms with Gasteiger partial charge in [0.2, 0.25) is 15.9 Å². The summed E-state index contributed by atoms with van der Waals surface area (Å²) in [7, 11) is -3.53. The van der Waals surface area contributed by atoms with Crippen molar-refractivity contribution in [3.05, 3.63) is 72.5 Å². The third-order valence-electron chi connectivity index (χ3n) is 6.38. The molecule has 1 aliphatic heterocycles. The van der Waals surface area contributed by atoms with Crippen molar-refractivity contribution in [3.63, 3.8) is 0 Å². The zero-order valence-corrected chi connectivity index (χ0v) is 19.3. The van der Waals surface area contributed by atoms with Crippen LogP contribution in [0, 0.1) is 0 Å². The summed E-state index contributed by atoms with van der Waals surface area (Å²) in [6.45, 7) is 2.50. The molecule has 5 rings (SSSR count). The lowest BCUT2D eigenvalue weighted by Gasteiger charge is -2.32. The largest absolute Gasteiger partial charge is 0.464 e. The number of rotatable bonds is 5. The predicted octanol–water partition coefficient (Wildman–Crippen LogP) is 5.33. The van der Waals surface area contributed by atoms with Crippen LogP contribution >= 0.6 is 0 Å². The SMILES string of the molecule is CC1CCCCN1S(=O)(=O)c1ccc(NC(=O)Cc2coc3ccc4ccccc4c23)cc1. The number of nitrogens with one attached hydrogen (secondary N) is 1. The number of nitrogens with zero attached hydrogens (tertiary/aromatic N) is 1. The van der Waals surface area contributed by atoms with Crippen LogP contribution in [0.2, 0.25) is 0 Å². The van der Waals surface area contributed by atoms with E-state index in [1.54, 1.807) is 34.8 Å². The standard InChI is InChI=1S/C26H26N2O4S/c1-18-6-4-5-15-28(18)33(30,31)22-12-10-21(11-13-22)27-25(29)16-20-17-32-24-14-9-19-7-2-3-8-23(19)26(20)24/h2-3,7-14,17-18H,4-6,15-16H2,1H3,(H,27,29). The van der Waals surface area contributed by atoms with Gasteiger partial charge in [-0.1, -0.05) is 36.8 Å². The molecule has 1 amide bonds. The molecule has 1 aliphatic rings. The Labute approximate surface area is 193 Å². The van der Waals surface area contributed by atoms with Crippen molar-refractivity contribution in [2.24, 2.45) is 0 Å². The van der Waals surface area contributed by atoms with Gasteiger partial charge < -0.3 is 9.73 Å². The number of carbonyl (C=O) groups excluding carboxylic acids is 1. The van der Waals surface area contributed by atoms with E-state index in [4.69, 9.17) is 4.42 Å². The summed E-state index contributed by atoms with van der Waals surface area (Å²) in [5.74, 6) is -0.189. The fourth-order valence-electron chi connectivity index (χ4n) is 4.66. The average Bonchev–Trinajstić information content (AvgIpc) is 3.22. The number of hydrogen-bond donors (Lipinski definition) is 1. The van der Waals surface area contributed by atoms with Crippen LogP contribution in [0.25, 0.3) is 21.7 Å². The normalized spacial score (nSPS) is 17.4. The van der Waals surface area contributed by atoms with E-state index >= 15 is 0 Å². The van der Waals surface area contributed by atoms with Crippen LogP contribution in [0.4, 0.5) is 5.69 Å². The lowest BCUT2D eigenvalue weighted by molar-refractivity contribution is -0.115. The number of hydrogen-bond acceptors (Lipinski definition) is 4. The summed E-state index contributed by atoms with van der Waals surface area (Å²) < 4.78 is 33.3. The van der Waals surface area contributed by atoms with Gasteiger partial charge in [0.25, 0.3) is 0 Å². The van der Waals surface area contributed by atoms with Crippen molar-refractivity contribution in [2.45, 2.75) is 43.5 Å². The maximum absolute atomic E-state index is 13.0. The molecule has 1 saturated heterocycles.